The third-order valence-corrected chi connectivity index (χ3v) is 6.06. The third kappa shape index (κ3) is 11.7. The molecular formula is C23H44O6. The first-order valence-corrected chi connectivity index (χ1v) is 12.2. The third-order valence-electron chi connectivity index (χ3n) is 6.06. The molecule has 172 valence electrons. The predicted molar refractivity (Wildman–Crippen MR) is 112 cm³/mol. The van der Waals surface area contributed by atoms with Gasteiger partial charge in [-0.05, 0) is 44.9 Å². The molecule has 0 aromatic rings. The maximum atomic E-state index is 9.52. The summed E-state index contributed by atoms with van der Waals surface area (Å²) in [4.78, 5) is 15.9. The van der Waals surface area contributed by atoms with Gasteiger partial charge in [0, 0.05) is 26.1 Å². The minimum atomic E-state index is -0.993. The fourth-order valence-corrected chi connectivity index (χ4v) is 4.16. The molecule has 29 heavy (non-hydrogen) atoms. The van der Waals surface area contributed by atoms with Crippen LogP contribution in [-0.2, 0) is 24.1 Å². The molecule has 0 radical (unpaired) electrons. The fraction of sp³-hybridized carbons (Fsp3) is 1.00. The van der Waals surface area contributed by atoms with Gasteiger partial charge in [0.1, 0.15) is 0 Å². The summed E-state index contributed by atoms with van der Waals surface area (Å²) in [5.41, 5.74) is 0. The van der Waals surface area contributed by atoms with E-state index in [9.17, 15) is 5.26 Å². The van der Waals surface area contributed by atoms with Gasteiger partial charge < -0.3 is 9.47 Å². The molecule has 6 heteroatoms. The van der Waals surface area contributed by atoms with E-state index >= 15 is 0 Å². The largest absolute Gasteiger partial charge is 0.353 e. The highest BCUT2D eigenvalue weighted by molar-refractivity contribution is 4.69. The molecule has 1 aliphatic heterocycles. The zero-order valence-electron chi connectivity index (χ0n) is 18.4. The topological polar surface area (TPSA) is 66.4 Å². The highest BCUT2D eigenvalue weighted by Gasteiger charge is 2.33. The van der Waals surface area contributed by atoms with Crippen LogP contribution in [0.5, 0.6) is 0 Å². The number of unbranched alkanes of at least 4 members (excludes halogenated alkanes) is 3. The van der Waals surface area contributed by atoms with Gasteiger partial charge in [0.25, 0.3) is 0 Å². The Bertz CT molecular complexity index is 360. The summed E-state index contributed by atoms with van der Waals surface area (Å²) < 4.78 is 11.3. The summed E-state index contributed by atoms with van der Waals surface area (Å²) in [6, 6.07) is 0. The van der Waals surface area contributed by atoms with Crippen LogP contribution in [0.3, 0.4) is 0 Å². The molecule has 0 bridgehead atoms. The Hall–Kier alpha value is -0.240. The van der Waals surface area contributed by atoms with Gasteiger partial charge in [-0.3, -0.25) is 0 Å². The molecule has 1 unspecified atom stereocenters. The van der Waals surface area contributed by atoms with E-state index in [0.717, 1.165) is 77.4 Å². The van der Waals surface area contributed by atoms with Gasteiger partial charge in [-0.25, -0.2) is 15.0 Å². The lowest BCUT2D eigenvalue weighted by Gasteiger charge is -2.29. The predicted octanol–water partition coefficient (Wildman–Crippen LogP) is 6.53. The molecule has 1 aliphatic carbocycles. The van der Waals surface area contributed by atoms with E-state index in [-0.39, 0.29) is 6.29 Å². The van der Waals surface area contributed by atoms with Crippen molar-refractivity contribution in [2.75, 3.05) is 19.8 Å². The van der Waals surface area contributed by atoms with Crippen LogP contribution >= 0.6 is 0 Å². The first-order chi connectivity index (χ1) is 14.3. The standard InChI is InChI=1S/C23H44O6/c24-28-23(17-11-6-4-2-1-3-5-7-12-18-23)29-27-21-14-9-8-13-19-25-22-16-10-15-20-26-22/h22,24H,1-21H2. The van der Waals surface area contributed by atoms with Gasteiger partial charge >= 0.3 is 0 Å². The summed E-state index contributed by atoms with van der Waals surface area (Å²) >= 11 is 0. The second-order valence-electron chi connectivity index (χ2n) is 8.67. The Morgan fingerprint density at radius 1 is 0.724 bits per heavy atom. The molecule has 1 saturated heterocycles. The Morgan fingerprint density at radius 2 is 1.34 bits per heavy atom. The molecule has 1 N–H and O–H groups in total. The molecular weight excluding hydrogens is 372 g/mol. The maximum Gasteiger partial charge on any atom is 0.233 e. The van der Waals surface area contributed by atoms with Crippen LogP contribution in [0.4, 0.5) is 0 Å². The van der Waals surface area contributed by atoms with Gasteiger partial charge in [-0.15, -0.1) is 0 Å². The van der Waals surface area contributed by atoms with Gasteiger partial charge in [0.15, 0.2) is 6.29 Å². The number of hydrogen-bond donors (Lipinski definition) is 1. The second-order valence-corrected chi connectivity index (χ2v) is 8.67. The van der Waals surface area contributed by atoms with E-state index in [2.05, 4.69) is 0 Å². The van der Waals surface area contributed by atoms with Crippen LogP contribution in [0.15, 0.2) is 0 Å². The Morgan fingerprint density at radius 3 is 1.93 bits per heavy atom. The van der Waals surface area contributed by atoms with Crippen molar-refractivity contribution < 1.29 is 29.4 Å². The van der Waals surface area contributed by atoms with E-state index in [1.165, 1.54) is 38.5 Å². The van der Waals surface area contributed by atoms with Crippen molar-refractivity contribution in [3.8, 4) is 0 Å². The van der Waals surface area contributed by atoms with Gasteiger partial charge in [-0.2, -0.15) is 4.89 Å². The average Bonchev–Trinajstić information content (AvgIpc) is 2.75. The SMILES string of the molecule is OOC1(OOCCCCCCOC2CCCCO2)CCCCCCCCCCC1. The summed E-state index contributed by atoms with van der Waals surface area (Å²) in [6.07, 6.45) is 19.7. The van der Waals surface area contributed by atoms with Crippen molar-refractivity contribution in [3.05, 3.63) is 0 Å². The molecule has 2 aliphatic rings. The van der Waals surface area contributed by atoms with Gasteiger partial charge in [0.2, 0.25) is 5.79 Å². The Labute approximate surface area is 177 Å². The van der Waals surface area contributed by atoms with Crippen LogP contribution in [0.25, 0.3) is 0 Å². The lowest BCUT2D eigenvalue weighted by Crippen LogP contribution is -2.35. The van der Waals surface area contributed by atoms with E-state index in [1.807, 2.05) is 0 Å². The van der Waals surface area contributed by atoms with E-state index in [1.54, 1.807) is 0 Å². The molecule has 0 aromatic heterocycles. The van der Waals surface area contributed by atoms with Crippen molar-refractivity contribution in [3.63, 3.8) is 0 Å². The summed E-state index contributed by atoms with van der Waals surface area (Å²) in [6.45, 7) is 2.13. The van der Waals surface area contributed by atoms with Crippen molar-refractivity contribution in [2.24, 2.45) is 0 Å². The van der Waals surface area contributed by atoms with E-state index in [0.29, 0.717) is 19.4 Å². The first kappa shape index (κ1) is 25.0. The number of rotatable bonds is 11. The summed E-state index contributed by atoms with van der Waals surface area (Å²) in [5, 5.41) is 9.52. The van der Waals surface area contributed by atoms with Crippen LogP contribution in [0.1, 0.15) is 116 Å². The minimum Gasteiger partial charge on any atom is -0.353 e. The van der Waals surface area contributed by atoms with Crippen LogP contribution in [-0.4, -0.2) is 37.2 Å². The van der Waals surface area contributed by atoms with Crippen molar-refractivity contribution in [1.29, 1.82) is 0 Å². The molecule has 1 heterocycles. The highest BCUT2D eigenvalue weighted by Crippen LogP contribution is 2.29. The van der Waals surface area contributed by atoms with Crippen molar-refractivity contribution in [1.82, 2.24) is 0 Å². The van der Waals surface area contributed by atoms with E-state index in [4.69, 9.17) is 24.1 Å². The number of hydrogen-bond acceptors (Lipinski definition) is 6. The Balaban J connectivity index is 1.52. The monoisotopic (exact) mass is 416 g/mol. The molecule has 0 spiro atoms. The fourth-order valence-electron chi connectivity index (χ4n) is 4.16. The van der Waals surface area contributed by atoms with Gasteiger partial charge in [0.05, 0.1) is 6.61 Å². The molecule has 2 rings (SSSR count). The lowest BCUT2D eigenvalue weighted by atomic mass is 9.97. The molecule has 2 fully saturated rings. The Kier molecular flexibility index (Phi) is 14.2. The molecule has 6 nitrogen and oxygen atoms in total. The van der Waals surface area contributed by atoms with Crippen molar-refractivity contribution >= 4 is 0 Å². The molecule has 0 amide bonds. The molecule has 1 atom stereocenters. The number of ether oxygens (including phenoxy) is 2. The van der Waals surface area contributed by atoms with Crippen LogP contribution in [0, 0.1) is 0 Å². The highest BCUT2D eigenvalue weighted by atomic mass is 17.3. The summed E-state index contributed by atoms with van der Waals surface area (Å²) in [5.74, 6) is -0.993. The smallest absolute Gasteiger partial charge is 0.233 e. The molecule has 1 saturated carbocycles. The second kappa shape index (κ2) is 16.5. The zero-order chi connectivity index (χ0) is 20.5. The van der Waals surface area contributed by atoms with Crippen LogP contribution < -0.4 is 0 Å². The van der Waals surface area contributed by atoms with E-state index < -0.39 is 5.79 Å². The first-order valence-electron chi connectivity index (χ1n) is 12.2. The quantitative estimate of drug-likeness (QED) is 0.179. The lowest BCUT2D eigenvalue weighted by molar-refractivity contribution is -0.503. The molecule has 0 aromatic carbocycles. The van der Waals surface area contributed by atoms with Crippen molar-refractivity contribution in [2.45, 2.75) is 128 Å². The minimum absolute atomic E-state index is 0.0149. The zero-order valence-corrected chi connectivity index (χ0v) is 18.4. The van der Waals surface area contributed by atoms with Gasteiger partial charge in [-0.1, -0.05) is 57.8 Å². The van der Waals surface area contributed by atoms with Crippen LogP contribution in [0.2, 0.25) is 0 Å². The normalized spacial score (nSPS) is 24.5. The summed E-state index contributed by atoms with van der Waals surface area (Å²) in [7, 11) is 0. The average molecular weight is 417 g/mol. The maximum absolute atomic E-state index is 9.52.